The molecule has 98 valence electrons. The summed E-state index contributed by atoms with van der Waals surface area (Å²) in [5, 5.41) is 0. The average Bonchev–Trinajstić information content (AvgIpc) is 2.62. The summed E-state index contributed by atoms with van der Waals surface area (Å²) in [7, 11) is 0. The van der Waals surface area contributed by atoms with E-state index < -0.39 is 0 Å². The van der Waals surface area contributed by atoms with E-state index in [9.17, 15) is 4.79 Å². The number of carbonyl (C=O) groups is 1. The minimum absolute atomic E-state index is 0.00814. The molecule has 1 amide bonds. The minimum Gasteiger partial charge on any atom is -0.342 e. The zero-order valence-electron chi connectivity index (χ0n) is 11.1. The van der Waals surface area contributed by atoms with Crippen molar-refractivity contribution >= 4 is 5.91 Å². The topological polar surface area (TPSA) is 46.3 Å². The smallest absolute Gasteiger partial charge is 0.226 e. The van der Waals surface area contributed by atoms with Crippen LogP contribution in [0.5, 0.6) is 0 Å². The summed E-state index contributed by atoms with van der Waals surface area (Å²) in [6.07, 6.45) is 2.75. The number of fused-ring (bicyclic) bond motifs is 1. The molecule has 1 aliphatic rings. The maximum Gasteiger partial charge on any atom is 0.226 e. The first-order valence-electron chi connectivity index (χ1n) is 6.82. The van der Waals surface area contributed by atoms with Gasteiger partial charge in [-0.2, -0.15) is 0 Å². The average molecular weight is 246 g/mol. The lowest BCUT2D eigenvalue weighted by molar-refractivity contribution is -0.135. The molecule has 0 radical (unpaired) electrons. The van der Waals surface area contributed by atoms with Crippen LogP contribution >= 0.6 is 0 Å². The van der Waals surface area contributed by atoms with Gasteiger partial charge in [-0.05, 0) is 30.4 Å². The number of hydrogen-bond donors (Lipinski definition) is 1. The van der Waals surface area contributed by atoms with Gasteiger partial charge in [0.05, 0.1) is 5.92 Å². The van der Waals surface area contributed by atoms with Gasteiger partial charge in [0.15, 0.2) is 0 Å². The van der Waals surface area contributed by atoms with Crippen LogP contribution in [-0.2, 0) is 17.6 Å². The third kappa shape index (κ3) is 2.72. The van der Waals surface area contributed by atoms with Crippen molar-refractivity contribution in [3.8, 4) is 0 Å². The van der Waals surface area contributed by atoms with Crippen LogP contribution in [0.3, 0.4) is 0 Å². The van der Waals surface area contributed by atoms with Crippen molar-refractivity contribution in [3.63, 3.8) is 0 Å². The zero-order chi connectivity index (χ0) is 13.0. The summed E-state index contributed by atoms with van der Waals surface area (Å²) in [6.45, 7) is 4.14. The van der Waals surface area contributed by atoms with Crippen LogP contribution in [0.15, 0.2) is 24.3 Å². The lowest BCUT2D eigenvalue weighted by Gasteiger charge is -2.24. The number of hydrogen-bond acceptors (Lipinski definition) is 2. The van der Waals surface area contributed by atoms with Crippen LogP contribution in [0.2, 0.25) is 0 Å². The van der Waals surface area contributed by atoms with Crippen molar-refractivity contribution in [1.82, 2.24) is 4.90 Å². The zero-order valence-corrected chi connectivity index (χ0v) is 11.1. The van der Waals surface area contributed by atoms with Crippen molar-refractivity contribution in [2.75, 3.05) is 19.6 Å². The highest BCUT2D eigenvalue weighted by molar-refractivity contribution is 5.79. The van der Waals surface area contributed by atoms with E-state index in [1.54, 1.807) is 0 Å². The molecule has 1 unspecified atom stereocenters. The van der Waals surface area contributed by atoms with E-state index in [0.29, 0.717) is 6.54 Å². The second kappa shape index (κ2) is 6.01. The third-order valence-corrected chi connectivity index (χ3v) is 3.86. The predicted molar refractivity (Wildman–Crippen MR) is 73.3 cm³/mol. The molecule has 2 N–H and O–H groups in total. The SMILES string of the molecule is CCC(CN)C(=O)N1CCc2ccccc2CC1. The van der Waals surface area contributed by atoms with Crippen LogP contribution in [0.4, 0.5) is 0 Å². The number of rotatable bonds is 3. The number of amides is 1. The molecule has 1 heterocycles. The molecule has 1 aromatic rings. The molecule has 1 aromatic carbocycles. The summed E-state index contributed by atoms with van der Waals surface area (Å²) in [4.78, 5) is 14.3. The van der Waals surface area contributed by atoms with E-state index in [0.717, 1.165) is 32.4 Å². The van der Waals surface area contributed by atoms with Crippen LogP contribution in [-0.4, -0.2) is 30.4 Å². The summed E-state index contributed by atoms with van der Waals surface area (Å²) >= 11 is 0. The number of nitrogens with zero attached hydrogens (tertiary/aromatic N) is 1. The van der Waals surface area contributed by atoms with Crippen molar-refractivity contribution in [1.29, 1.82) is 0 Å². The van der Waals surface area contributed by atoms with Gasteiger partial charge in [0.1, 0.15) is 0 Å². The molecule has 0 aliphatic carbocycles. The van der Waals surface area contributed by atoms with Gasteiger partial charge < -0.3 is 10.6 Å². The number of carbonyl (C=O) groups excluding carboxylic acids is 1. The van der Waals surface area contributed by atoms with E-state index in [1.165, 1.54) is 11.1 Å². The van der Waals surface area contributed by atoms with Gasteiger partial charge in [0.25, 0.3) is 0 Å². The van der Waals surface area contributed by atoms with Crippen LogP contribution in [0.1, 0.15) is 24.5 Å². The third-order valence-electron chi connectivity index (χ3n) is 3.86. The monoisotopic (exact) mass is 246 g/mol. The molecular weight excluding hydrogens is 224 g/mol. The summed E-state index contributed by atoms with van der Waals surface area (Å²) in [6, 6.07) is 8.49. The van der Waals surface area contributed by atoms with Gasteiger partial charge in [0, 0.05) is 19.6 Å². The van der Waals surface area contributed by atoms with E-state index in [4.69, 9.17) is 5.73 Å². The Balaban J connectivity index is 2.06. The molecule has 0 saturated carbocycles. The molecule has 3 nitrogen and oxygen atoms in total. The van der Waals surface area contributed by atoms with Gasteiger partial charge in [-0.25, -0.2) is 0 Å². The highest BCUT2D eigenvalue weighted by Gasteiger charge is 2.23. The fourth-order valence-corrected chi connectivity index (χ4v) is 2.59. The molecule has 1 aliphatic heterocycles. The van der Waals surface area contributed by atoms with Crippen LogP contribution < -0.4 is 5.73 Å². The standard InChI is InChI=1S/C15H22N2O/c1-2-12(11-16)15(18)17-9-7-13-5-3-4-6-14(13)8-10-17/h3-6,12H,2,7-11,16H2,1H3. The first-order chi connectivity index (χ1) is 8.76. The maximum atomic E-state index is 12.3. The molecule has 0 aromatic heterocycles. The fourth-order valence-electron chi connectivity index (χ4n) is 2.59. The first kappa shape index (κ1) is 13.1. The Kier molecular flexibility index (Phi) is 4.37. The maximum absolute atomic E-state index is 12.3. The summed E-state index contributed by atoms with van der Waals surface area (Å²) < 4.78 is 0. The number of benzene rings is 1. The molecule has 18 heavy (non-hydrogen) atoms. The molecule has 3 heteroatoms. The van der Waals surface area contributed by atoms with Crippen LogP contribution in [0.25, 0.3) is 0 Å². The van der Waals surface area contributed by atoms with Gasteiger partial charge >= 0.3 is 0 Å². The summed E-state index contributed by atoms with van der Waals surface area (Å²) in [5.74, 6) is 0.221. The second-order valence-electron chi connectivity index (χ2n) is 4.93. The highest BCUT2D eigenvalue weighted by Crippen LogP contribution is 2.17. The van der Waals surface area contributed by atoms with Crippen molar-refractivity contribution < 1.29 is 4.79 Å². The largest absolute Gasteiger partial charge is 0.342 e. The van der Waals surface area contributed by atoms with Crippen LogP contribution in [0, 0.1) is 5.92 Å². The van der Waals surface area contributed by atoms with Gasteiger partial charge in [-0.1, -0.05) is 31.2 Å². The first-order valence-corrected chi connectivity index (χ1v) is 6.82. The lowest BCUT2D eigenvalue weighted by atomic mass is 10.0. The van der Waals surface area contributed by atoms with Crippen molar-refractivity contribution in [3.05, 3.63) is 35.4 Å². The van der Waals surface area contributed by atoms with Crippen molar-refractivity contribution in [2.45, 2.75) is 26.2 Å². The van der Waals surface area contributed by atoms with E-state index in [-0.39, 0.29) is 11.8 Å². The molecule has 2 rings (SSSR count). The number of nitrogens with two attached hydrogens (primary N) is 1. The second-order valence-corrected chi connectivity index (χ2v) is 4.93. The molecule has 1 atom stereocenters. The van der Waals surface area contributed by atoms with Gasteiger partial charge in [0.2, 0.25) is 5.91 Å². The quantitative estimate of drug-likeness (QED) is 0.880. The van der Waals surface area contributed by atoms with Crippen molar-refractivity contribution in [2.24, 2.45) is 11.7 Å². The molecular formula is C15H22N2O. The Bertz CT molecular complexity index is 386. The predicted octanol–water partition coefficient (Wildman–Crippen LogP) is 1.60. The minimum atomic E-state index is -0.00814. The summed E-state index contributed by atoms with van der Waals surface area (Å²) in [5.41, 5.74) is 8.43. The van der Waals surface area contributed by atoms with Gasteiger partial charge in [-0.3, -0.25) is 4.79 Å². The Morgan fingerprint density at radius 3 is 2.28 bits per heavy atom. The normalized spacial score (nSPS) is 16.9. The van der Waals surface area contributed by atoms with E-state index in [1.807, 2.05) is 11.8 Å². The molecule has 0 spiro atoms. The van der Waals surface area contributed by atoms with E-state index >= 15 is 0 Å². The fraction of sp³-hybridized carbons (Fsp3) is 0.533. The van der Waals surface area contributed by atoms with E-state index in [2.05, 4.69) is 24.3 Å². The molecule has 0 saturated heterocycles. The molecule has 0 fully saturated rings. The lowest BCUT2D eigenvalue weighted by Crippen LogP contribution is -2.40. The Morgan fingerprint density at radius 2 is 1.83 bits per heavy atom. The Labute approximate surface area is 109 Å². The van der Waals surface area contributed by atoms with Gasteiger partial charge in [-0.15, -0.1) is 0 Å². The Hall–Kier alpha value is -1.35. The highest BCUT2D eigenvalue weighted by atomic mass is 16.2. The molecule has 0 bridgehead atoms. The Morgan fingerprint density at radius 1 is 1.28 bits per heavy atom.